The predicted molar refractivity (Wildman–Crippen MR) is 69.6 cm³/mol. The summed E-state index contributed by atoms with van der Waals surface area (Å²) in [4.78, 5) is 2.84. The molecule has 1 aliphatic heterocycles. The molecule has 0 aromatic carbocycles. The molecule has 3 unspecified atom stereocenters. The van der Waals surface area contributed by atoms with Gasteiger partial charge in [0.1, 0.15) is 0 Å². The SMILES string of the molecule is CNCC(C(C)C)N1CCCC2CCCC21. The number of nitrogens with zero attached hydrogens (tertiary/aromatic N) is 1. The summed E-state index contributed by atoms with van der Waals surface area (Å²) in [6.07, 6.45) is 7.33. The van der Waals surface area contributed by atoms with Crippen LogP contribution in [0.2, 0.25) is 0 Å². The lowest BCUT2D eigenvalue weighted by Crippen LogP contribution is -2.53. The zero-order valence-corrected chi connectivity index (χ0v) is 11.2. The van der Waals surface area contributed by atoms with Gasteiger partial charge >= 0.3 is 0 Å². The first-order valence-corrected chi connectivity index (χ1v) is 7.14. The maximum Gasteiger partial charge on any atom is 0.0246 e. The van der Waals surface area contributed by atoms with Crippen LogP contribution in [0.5, 0.6) is 0 Å². The average molecular weight is 224 g/mol. The highest BCUT2D eigenvalue weighted by Crippen LogP contribution is 2.38. The van der Waals surface area contributed by atoms with Crippen LogP contribution >= 0.6 is 0 Å². The van der Waals surface area contributed by atoms with E-state index in [0.29, 0.717) is 0 Å². The average Bonchev–Trinajstić information content (AvgIpc) is 2.73. The van der Waals surface area contributed by atoms with Crippen LogP contribution in [-0.2, 0) is 0 Å². The molecule has 2 aliphatic rings. The maximum absolute atomic E-state index is 3.38. The Morgan fingerprint density at radius 1 is 1.19 bits per heavy atom. The standard InChI is InChI=1S/C14H28N2/c1-11(2)14(10-15-3)16-9-5-7-12-6-4-8-13(12)16/h11-15H,4-10H2,1-3H3. The number of rotatable bonds is 4. The number of hydrogen-bond acceptors (Lipinski definition) is 2. The molecule has 0 bridgehead atoms. The molecule has 0 amide bonds. The third-order valence-corrected chi connectivity index (χ3v) is 4.64. The molecule has 0 radical (unpaired) electrons. The summed E-state index contributed by atoms with van der Waals surface area (Å²) < 4.78 is 0. The Labute approximate surface area is 101 Å². The highest BCUT2D eigenvalue weighted by molar-refractivity contribution is 4.93. The van der Waals surface area contributed by atoms with Crippen molar-refractivity contribution in [2.24, 2.45) is 11.8 Å². The number of likely N-dealkylation sites (tertiary alicyclic amines) is 1. The number of nitrogens with one attached hydrogen (secondary N) is 1. The van der Waals surface area contributed by atoms with E-state index in [0.717, 1.165) is 30.5 Å². The third kappa shape index (κ3) is 2.43. The Balaban J connectivity index is 2.04. The Bertz CT molecular complexity index is 215. The fourth-order valence-corrected chi connectivity index (χ4v) is 3.85. The van der Waals surface area contributed by atoms with Gasteiger partial charge in [-0.05, 0) is 51.1 Å². The first kappa shape index (κ1) is 12.4. The second-order valence-corrected chi connectivity index (χ2v) is 6.01. The van der Waals surface area contributed by atoms with E-state index in [4.69, 9.17) is 0 Å². The normalized spacial score (nSPS) is 33.0. The van der Waals surface area contributed by atoms with E-state index in [1.807, 2.05) is 0 Å². The van der Waals surface area contributed by atoms with E-state index in [9.17, 15) is 0 Å². The summed E-state index contributed by atoms with van der Waals surface area (Å²) in [6, 6.07) is 1.66. The number of hydrogen-bond donors (Lipinski definition) is 1. The molecule has 2 heteroatoms. The molecule has 0 aromatic rings. The van der Waals surface area contributed by atoms with Crippen molar-refractivity contribution < 1.29 is 0 Å². The molecule has 2 fully saturated rings. The minimum absolute atomic E-state index is 0.746. The minimum Gasteiger partial charge on any atom is -0.318 e. The molecule has 94 valence electrons. The van der Waals surface area contributed by atoms with Crippen LogP contribution in [0.25, 0.3) is 0 Å². The van der Waals surface area contributed by atoms with Crippen LogP contribution in [0, 0.1) is 11.8 Å². The molecule has 2 rings (SSSR count). The van der Waals surface area contributed by atoms with Crippen LogP contribution in [0.4, 0.5) is 0 Å². The quantitative estimate of drug-likeness (QED) is 0.789. The van der Waals surface area contributed by atoms with Gasteiger partial charge in [0.05, 0.1) is 0 Å². The van der Waals surface area contributed by atoms with E-state index in [-0.39, 0.29) is 0 Å². The number of fused-ring (bicyclic) bond motifs is 1. The first-order valence-electron chi connectivity index (χ1n) is 7.14. The van der Waals surface area contributed by atoms with Crippen LogP contribution in [-0.4, -0.2) is 37.1 Å². The van der Waals surface area contributed by atoms with Crippen molar-refractivity contribution in [3.8, 4) is 0 Å². The van der Waals surface area contributed by atoms with Crippen molar-refractivity contribution in [3.05, 3.63) is 0 Å². The van der Waals surface area contributed by atoms with Crippen molar-refractivity contribution in [2.45, 2.75) is 58.0 Å². The van der Waals surface area contributed by atoms with Gasteiger partial charge in [-0.2, -0.15) is 0 Å². The molecule has 3 atom stereocenters. The van der Waals surface area contributed by atoms with E-state index >= 15 is 0 Å². The van der Waals surface area contributed by atoms with Crippen molar-refractivity contribution in [2.75, 3.05) is 20.1 Å². The van der Waals surface area contributed by atoms with Gasteiger partial charge in [0.2, 0.25) is 0 Å². The van der Waals surface area contributed by atoms with E-state index < -0.39 is 0 Å². The topological polar surface area (TPSA) is 15.3 Å². The van der Waals surface area contributed by atoms with Crippen LogP contribution in [0.15, 0.2) is 0 Å². The number of likely N-dealkylation sites (N-methyl/N-ethyl adjacent to an activating group) is 1. The van der Waals surface area contributed by atoms with Gasteiger partial charge in [-0.25, -0.2) is 0 Å². The predicted octanol–water partition coefficient (Wildman–Crippen LogP) is 2.49. The molecule has 1 N–H and O–H groups in total. The largest absolute Gasteiger partial charge is 0.318 e. The van der Waals surface area contributed by atoms with Gasteiger partial charge < -0.3 is 5.32 Å². The molecule has 1 saturated carbocycles. The minimum atomic E-state index is 0.746. The van der Waals surface area contributed by atoms with E-state index in [2.05, 4.69) is 31.1 Å². The molecule has 1 saturated heterocycles. The summed E-state index contributed by atoms with van der Waals surface area (Å²) in [7, 11) is 2.09. The van der Waals surface area contributed by atoms with Gasteiger partial charge in [0.25, 0.3) is 0 Å². The van der Waals surface area contributed by atoms with Crippen molar-refractivity contribution in [1.82, 2.24) is 10.2 Å². The molecule has 2 nitrogen and oxygen atoms in total. The molecule has 1 aliphatic carbocycles. The maximum atomic E-state index is 3.38. The summed E-state index contributed by atoms with van der Waals surface area (Å²) >= 11 is 0. The van der Waals surface area contributed by atoms with Crippen LogP contribution in [0.3, 0.4) is 0 Å². The zero-order chi connectivity index (χ0) is 11.5. The lowest BCUT2D eigenvalue weighted by atomic mass is 9.88. The highest BCUT2D eigenvalue weighted by Gasteiger charge is 2.38. The Morgan fingerprint density at radius 2 is 1.94 bits per heavy atom. The monoisotopic (exact) mass is 224 g/mol. The van der Waals surface area contributed by atoms with Gasteiger partial charge in [0, 0.05) is 18.6 Å². The summed E-state index contributed by atoms with van der Waals surface area (Å²) in [5.41, 5.74) is 0. The lowest BCUT2D eigenvalue weighted by Gasteiger charge is -2.44. The lowest BCUT2D eigenvalue weighted by molar-refractivity contribution is 0.0469. The second-order valence-electron chi connectivity index (χ2n) is 6.01. The zero-order valence-electron chi connectivity index (χ0n) is 11.2. The fraction of sp³-hybridized carbons (Fsp3) is 1.00. The summed E-state index contributed by atoms with van der Waals surface area (Å²) in [6.45, 7) is 7.24. The molecule has 0 spiro atoms. The van der Waals surface area contributed by atoms with Crippen molar-refractivity contribution in [3.63, 3.8) is 0 Å². The van der Waals surface area contributed by atoms with Crippen molar-refractivity contribution >= 4 is 0 Å². The molecular weight excluding hydrogens is 196 g/mol. The second kappa shape index (κ2) is 5.50. The van der Waals surface area contributed by atoms with E-state index in [1.165, 1.54) is 38.6 Å². The third-order valence-electron chi connectivity index (χ3n) is 4.64. The van der Waals surface area contributed by atoms with Crippen LogP contribution in [0.1, 0.15) is 46.0 Å². The Morgan fingerprint density at radius 3 is 2.62 bits per heavy atom. The van der Waals surface area contributed by atoms with Crippen molar-refractivity contribution in [1.29, 1.82) is 0 Å². The van der Waals surface area contributed by atoms with Gasteiger partial charge in [0.15, 0.2) is 0 Å². The molecule has 0 aromatic heterocycles. The highest BCUT2D eigenvalue weighted by atomic mass is 15.2. The first-order chi connectivity index (χ1) is 7.74. The van der Waals surface area contributed by atoms with Gasteiger partial charge in [-0.15, -0.1) is 0 Å². The fourth-order valence-electron chi connectivity index (χ4n) is 3.85. The molecular formula is C14H28N2. The molecule has 1 heterocycles. The molecule has 16 heavy (non-hydrogen) atoms. The van der Waals surface area contributed by atoms with Crippen LogP contribution < -0.4 is 5.32 Å². The summed E-state index contributed by atoms with van der Waals surface area (Å²) in [5.74, 6) is 1.79. The Hall–Kier alpha value is -0.0800. The number of piperidine rings is 1. The Kier molecular flexibility index (Phi) is 4.26. The smallest absolute Gasteiger partial charge is 0.0246 e. The van der Waals surface area contributed by atoms with Gasteiger partial charge in [-0.3, -0.25) is 4.90 Å². The van der Waals surface area contributed by atoms with Gasteiger partial charge in [-0.1, -0.05) is 20.3 Å². The summed E-state index contributed by atoms with van der Waals surface area (Å²) in [5, 5.41) is 3.38. The van der Waals surface area contributed by atoms with E-state index in [1.54, 1.807) is 0 Å².